The Kier molecular flexibility index (Phi) is 5.49. The van der Waals surface area contributed by atoms with Crippen molar-refractivity contribution in [2.45, 2.75) is 38.6 Å². The van der Waals surface area contributed by atoms with E-state index in [9.17, 15) is 15.0 Å². The Morgan fingerprint density at radius 2 is 1.76 bits per heavy atom. The lowest BCUT2D eigenvalue weighted by atomic mass is 10.0. The van der Waals surface area contributed by atoms with E-state index in [1.54, 1.807) is 12.1 Å². The number of hydrogen-bond acceptors (Lipinski definition) is 3. The predicted octanol–water partition coefficient (Wildman–Crippen LogP) is 4.05. The number of halogens is 1. The Morgan fingerprint density at radius 1 is 1.08 bits per heavy atom. The fraction of sp³-hybridized carbons (Fsp3) is 0.350. The van der Waals surface area contributed by atoms with Crippen LogP contribution in [0.2, 0.25) is 5.02 Å². The molecule has 0 saturated carbocycles. The van der Waals surface area contributed by atoms with Crippen LogP contribution >= 0.6 is 11.6 Å². The second-order valence-electron chi connectivity index (χ2n) is 6.51. The van der Waals surface area contributed by atoms with E-state index in [0.717, 1.165) is 41.8 Å². The van der Waals surface area contributed by atoms with Crippen molar-refractivity contribution in [1.82, 2.24) is 4.90 Å². The molecular formula is C20H22ClNO3. The molecule has 0 atom stereocenters. The lowest BCUT2D eigenvalue weighted by Gasteiger charge is -2.21. The Hall–Kier alpha value is -2.20. The molecule has 132 valence electrons. The summed E-state index contributed by atoms with van der Waals surface area (Å²) in [5.41, 5.74) is 3.10. The van der Waals surface area contributed by atoms with Gasteiger partial charge >= 0.3 is 0 Å². The van der Waals surface area contributed by atoms with E-state index in [1.165, 1.54) is 5.56 Å². The van der Waals surface area contributed by atoms with Crippen molar-refractivity contribution in [3.05, 3.63) is 58.1 Å². The quantitative estimate of drug-likeness (QED) is 0.809. The Balaban J connectivity index is 1.58. The number of aromatic hydroxyl groups is 2. The molecule has 0 bridgehead atoms. The molecular weight excluding hydrogens is 338 g/mol. The summed E-state index contributed by atoms with van der Waals surface area (Å²) < 4.78 is 0. The van der Waals surface area contributed by atoms with Gasteiger partial charge in [-0.25, -0.2) is 0 Å². The summed E-state index contributed by atoms with van der Waals surface area (Å²) in [6.45, 7) is 1.19. The highest BCUT2D eigenvalue weighted by Crippen LogP contribution is 2.31. The molecule has 3 rings (SSSR count). The highest BCUT2D eigenvalue weighted by Gasteiger charge is 2.20. The average molecular weight is 360 g/mol. The summed E-state index contributed by atoms with van der Waals surface area (Å²) in [5, 5.41) is 20.1. The van der Waals surface area contributed by atoms with Gasteiger partial charge in [0, 0.05) is 24.5 Å². The molecule has 4 nitrogen and oxygen atoms in total. The fourth-order valence-electron chi connectivity index (χ4n) is 3.25. The van der Waals surface area contributed by atoms with E-state index in [4.69, 9.17) is 11.6 Å². The molecule has 1 amide bonds. The smallest absolute Gasteiger partial charge is 0.222 e. The molecule has 2 aromatic carbocycles. The van der Waals surface area contributed by atoms with E-state index in [2.05, 4.69) is 0 Å². The molecule has 0 saturated heterocycles. The number of phenolic OH excluding ortho intramolecular Hbond substituents is 2. The SMILES string of the molecule is O=C(CCCc1ccc(Cl)cc1)N1CCCc2cc(O)c(O)cc2C1. The number of aryl methyl sites for hydroxylation is 2. The van der Waals surface area contributed by atoms with Crippen LogP contribution in [0.15, 0.2) is 36.4 Å². The van der Waals surface area contributed by atoms with Gasteiger partial charge in [-0.2, -0.15) is 0 Å². The first-order chi connectivity index (χ1) is 12.0. The van der Waals surface area contributed by atoms with Crippen molar-refractivity contribution in [2.75, 3.05) is 6.54 Å². The number of amides is 1. The van der Waals surface area contributed by atoms with Gasteiger partial charge in [0.2, 0.25) is 5.91 Å². The summed E-state index contributed by atoms with van der Waals surface area (Å²) in [6.07, 6.45) is 3.81. The maximum absolute atomic E-state index is 12.5. The minimum absolute atomic E-state index is 0.0958. The Labute approximate surface area is 152 Å². The number of nitrogens with zero attached hydrogens (tertiary/aromatic N) is 1. The van der Waals surface area contributed by atoms with E-state index < -0.39 is 0 Å². The topological polar surface area (TPSA) is 60.8 Å². The van der Waals surface area contributed by atoms with Gasteiger partial charge in [0.15, 0.2) is 11.5 Å². The normalized spacial score (nSPS) is 14.0. The van der Waals surface area contributed by atoms with Crippen molar-refractivity contribution in [3.63, 3.8) is 0 Å². The molecule has 1 aliphatic rings. The zero-order valence-corrected chi connectivity index (χ0v) is 14.8. The molecule has 0 radical (unpaired) electrons. The minimum atomic E-state index is -0.129. The maximum atomic E-state index is 12.5. The molecule has 0 spiro atoms. The number of hydrogen-bond donors (Lipinski definition) is 2. The van der Waals surface area contributed by atoms with Crippen molar-refractivity contribution in [2.24, 2.45) is 0 Å². The van der Waals surface area contributed by atoms with E-state index in [-0.39, 0.29) is 17.4 Å². The molecule has 5 heteroatoms. The average Bonchev–Trinajstić information content (AvgIpc) is 2.79. The van der Waals surface area contributed by atoms with Gasteiger partial charge in [-0.05, 0) is 66.6 Å². The number of benzene rings is 2. The molecule has 0 fully saturated rings. The number of fused-ring (bicyclic) bond motifs is 1. The van der Waals surface area contributed by atoms with Crippen molar-refractivity contribution in [3.8, 4) is 11.5 Å². The van der Waals surface area contributed by atoms with Gasteiger partial charge in [-0.3, -0.25) is 4.79 Å². The van der Waals surface area contributed by atoms with Crippen LogP contribution in [0.4, 0.5) is 0 Å². The van der Waals surface area contributed by atoms with Crippen molar-refractivity contribution >= 4 is 17.5 Å². The van der Waals surface area contributed by atoms with Crippen LogP contribution in [0.3, 0.4) is 0 Å². The molecule has 2 N–H and O–H groups in total. The summed E-state index contributed by atoms with van der Waals surface area (Å²) in [7, 11) is 0. The van der Waals surface area contributed by atoms with E-state index >= 15 is 0 Å². The lowest BCUT2D eigenvalue weighted by Crippen LogP contribution is -2.30. The highest BCUT2D eigenvalue weighted by molar-refractivity contribution is 6.30. The summed E-state index contributed by atoms with van der Waals surface area (Å²) >= 11 is 5.88. The van der Waals surface area contributed by atoms with Gasteiger partial charge in [-0.1, -0.05) is 23.7 Å². The van der Waals surface area contributed by atoms with Crippen LogP contribution in [-0.4, -0.2) is 27.6 Å². The highest BCUT2D eigenvalue weighted by atomic mass is 35.5. The summed E-state index contributed by atoms with van der Waals surface area (Å²) in [4.78, 5) is 14.4. The monoisotopic (exact) mass is 359 g/mol. The third-order valence-electron chi connectivity index (χ3n) is 4.65. The summed E-state index contributed by atoms with van der Waals surface area (Å²) in [5.74, 6) is -0.0911. The molecule has 1 aliphatic heterocycles. The number of carbonyl (C=O) groups excluding carboxylic acids is 1. The van der Waals surface area contributed by atoms with Crippen LogP contribution in [0.25, 0.3) is 0 Å². The largest absolute Gasteiger partial charge is 0.504 e. The number of carbonyl (C=O) groups is 1. The maximum Gasteiger partial charge on any atom is 0.222 e. The number of rotatable bonds is 4. The van der Waals surface area contributed by atoms with Gasteiger partial charge < -0.3 is 15.1 Å². The third-order valence-corrected chi connectivity index (χ3v) is 4.91. The molecule has 0 aromatic heterocycles. The van der Waals surface area contributed by atoms with E-state index in [0.29, 0.717) is 19.5 Å². The molecule has 0 aliphatic carbocycles. The Morgan fingerprint density at radius 3 is 2.48 bits per heavy atom. The fourth-order valence-corrected chi connectivity index (χ4v) is 3.38. The van der Waals surface area contributed by atoms with Gasteiger partial charge in [-0.15, -0.1) is 0 Å². The van der Waals surface area contributed by atoms with Crippen molar-refractivity contribution < 1.29 is 15.0 Å². The first-order valence-corrected chi connectivity index (χ1v) is 8.96. The molecule has 25 heavy (non-hydrogen) atoms. The molecule has 1 heterocycles. The zero-order valence-electron chi connectivity index (χ0n) is 14.0. The second-order valence-corrected chi connectivity index (χ2v) is 6.94. The van der Waals surface area contributed by atoms with Gasteiger partial charge in [0.05, 0.1) is 0 Å². The van der Waals surface area contributed by atoms with Crippen LogP contribution in [-0.2, 0) is 24.2 Å². The molecule has 2 aromatic rings. The lowest BCUT2D eigenvalue weighted by molar-refractivity contribution is -0.131. The first-order valence-electron chi connectivity index (χ1n) is 8.59. The third kappa shape index (κ3) is 4.45. The number of phenols is 2. The van der Waals surface area contributed by atoms with Crippen LogP contribution in [0, 0.1) is 0 Å². The predicted molar refractivity (Wildman–Crippen MR) is 97.9 cm³/mol. The first kappa shape index (κ1) is 17.6. The molecule has 0 unspecified atom stereocenters. The standard InChI is InChI=1S/C20H22ClNO3/c21-17-8-6-14(7-9-17)3-1-5-20(25)22-10-2-4-15-11-18(23)19(24)12-16(15)13-22/h6-9,11-12,23-24H,1-5,10,13H2. The minimum Gasteiger partial charge on any atom is -0.504 e. The van der Waals surface area contributed by atoms with Crippen LogP contribution < -0.4 is 0 Å². The van der Waals surface area contributed by atoms with Crippen LogP contribution in [0.5, 0.6) is 11.5 Å². The van der Waals surface area contributed by atoms with Gasteiger partial charge in [0.25, 0.3) is 0 Å². The van der Waals surface area contributed by atoms with E-state index in [1.807, 2.05) is 29.2 Å². The van der Waals surface area contributed by atoms with Crippen molar-refractivity contribution in [1.29, 1.82) is 0 Å². The van der Waals surface area contributed by atoms with Gasteiger partial charge in [0.1, 0.15) is 0 Å². The zero-order chi connectivity index (χ0) is 17.8. The summed E-state index contributed by atoms with van der Waals surface area (Å²) in [6, 6.07) is 10.9. The second kappa shape index (κ2) is 7.79. The van der Waals surface area contributed by atoms with Crippen LogP contribution in [0.1, 0.15) is 36.0 Å². The Bertz CT molecular complexity index is 758.